The Morgan fingerprint density at radius 1 is 1.26 bits per heavy atom. The third-order valence-electron chi connectivity index (χ3n) is 4.22. The molecule has 0 radical (unpaired) electrons. The van der Waals surface area contributed by atoms with Gasteiger partial charge in [0.05, 0.1) is 25.9 Å². The summed E-state index contributed by atoms with van der Waals surface area (Å²) >= 11 is 6.08. The molecule has 0 atom stereocenters. The fourth-order valence-corrected chi connectivity index (χ4v) is 2.84. The van der Waals surface area contributed by atoms with Crippen molar-refractivity contribution in [3.8, 4) is 5.75 Å². The Labute approximate surface area is 161 Å². The molecule has 1 heterocycles. The summed E-state index contributed by atoms with van der Waals surface area (Å²) in [5.74, 6) is -0.113. The molecule has 8 heteroatoms. The number of nitrogens with one attached hydrogen (secondary N) is 2. The van der Waals surface area contributed by atoms with E-state index in [4.69, 9.17) is 16.3 Å². The molecule has 1 saturated heterocycles. The Balaban J connectivity index is 1.72. The van der Waals surface area contributed by atoms with Crippen LogP contribution in [-0.2, 0) is 11.3 Å². The quantitative estimate of drug-likeness (QED) is 0.772. The molecular formula is C19H18ClN3O4. The van der Waals surface area contributed by atoms with Crippen molar-refractivity contribution in [2.75, 3.05) is 19.0 Å². The first-order chi connectivity index (χ1) is 12.9. The minimum absolute atomic E-state index is 0.0155. The Hall–Kier alpha value is -3.06. The molecule has 7 nitrogen and oxygen atoms in total. The van der Waals surface area contributed by atoms with Crippen LogP contribution >= 0.6 is 11.6 Å². The van der Waals surface area contributed by atoms with Crippen LogP contribution in [0, 0.1) is 6.92 Å². The smallest absolute Gasteiger partial charge is 0.324 e. The number of anilines is 1. The Bertz CT molecular complexity index is 896. The lowest BCUT2D eigenvalue weighted by molar-refractivity contribution is -0.125. The van der Waals surface area contributed by atoms with Gasteiger partial charge in [0.2, 0.25) is 5.91 Å². The predicted molar refractivity (Wildman–Crippen MR) is 101 cm³/mol. The summed E-state index contributed by atoms with van der Waals surface area (Å²) in [4.78, 5) is 36.9. The fourth-order valence-electron chi connectivity index (χ4n) is 2.68. The number of halogens is 1. The summed E-state index contributed by atoms with van der Waals surface area (Å²) in [7, 11) is 1.50. The SMILES string of the molecule is COc1cc(Cl)c(C)cc1NC(=O)c1ccc(CN2C(=O)CNC2=O)cc1. The second-order valence-electron chi connectivity index (χ2n) is 6.09. The molecule has 0 unspecified atom stereocenters. The van der Waals surface area contributed by atoms with Crippen molar-refractivity contribution in [2.45, 2.75) is 13.5 Å². The molecule has 4 amide bonds. The summed E-state index contributed by atoms with van der Waals surface area (Å²) < 4.78 is 5.26. The van der Waals surface area contributed by atoms with Gasteiger partial charge < -0.3 is 15.4 Å². The summed E-state index contributed by atoms with van der Waals surface area (Å²) in [5, 5.41) is 5.82. The molecule has 0 aromatic heterocycles. The number of hydrogen-bond acceptors (Lipinski definition) is 4. The summed E-state index contributed by atoms with van der Waals surface area (Å²) in [6.07, 6.45) is 0. The van der Waals surface area contributed by atoms with Gasteiger partial charge in [0.15, 0.2) is 0 Å². The summed E-state index contributed by atoms with van der Waals surface area (Å²) in [6.45, 7) is 2.01. The fraction of sp³-hybridized carbons (Fsp3) is 0.211. The number of benzene rings is 2. The third-order valence-corrected chi connectivity index (χ3v) is 4.63. The summed E-state index contributed by atoms with van der Waals surface area (Å²) in [6, 6.07) is 9.66. The zero-order valence-corrected chi connectivity index (χ0v) is 15.6. The number of amides is 4. The Morgan fingerprint density at radius 2 is 1.96 bits per heavy atom. The lowest BCUT2D eigenvalue weighted by Gasteiger charge is -2.14. The maximum atomic E-state index is 12.5. The van der Waals surface area contributed by atoms with Crippen LogP contribution in [0.5, 0.6) is 5.75 Å². The highest BCUT2D eigenvalue weighted by Gasteiger charge is 2.28. The molecule has 0 aliphatic carbocycles. The molecule has 27 heavy (non-hydrogen) atoms. The van der Waals surface area contributed by atoms with E-state index in [9.17, 15) is 14.4 Å². The molecule has 2 aromatic rings. The highest BCUT2D eigenvalue weighted by atomic mass is 35.5. The van der Waals surface area contributed by atoms with Gasteiger partial charge in [0.1, 0.15) is 5.75 Å². The van der Waals surface area contributed by atoms with Gasteiger partial charge in [-0.15, -0.1) is 0 Å². The van der Waals surface area contributed by atoms with Crippen LogP contribution in [0.2, 0.25) is 5.02 Å². The number of imide groups is 1. The van der Waals surface area contributed by atoms with Crippen LogP contribution < -0.4 is 15.4 Å². The van der Waals surface area contributed by atoms with Crippen LogP contribution in [0.4, 0.5) is 10.5 Å². The highest BCUT2D eigenvalue weighted by molar-refractivity contribution is 6.31. The van der Waals surface area contributed by atoms with Gasteiger partial charge in [0.25, 0.3) is 5.91 Å². The van der Waals surface area contributed by atoms with E-state index in [-0.39, 0.29) is 24.9 Å². The van der Waals surface area contributed by atoms with Gasteiger partial charge in [-0.1, -0.05) is 23.7 Å². The second kappa shape index (κ2) is 7.67. The molecule has 0 bridgehead atoms. The molecule has 2 N–H and O–H groups in total. The van der Waals surface area contributed by atoms with Crippen molar-refractivity contribution in [3.05, 3.63) is 58.1 Å². The van der Waals surface area contributed by atoms with Gasteiger partial charge in [-0.3, -0.25) is 14.5 Å². The number of nitrogens with zero attached hydrogens (tertiary/aromatic N) is 1. The monoisotopic (exact) mass is 387 g/mol. The molecule has 140 valence electrons. The van der Waals surface area contributed by atoms with E-state index in [1.54, 1.807) is 36.4 Å². The molecule has 2 aromatic carbocycles. The van der Waals surface area contributed by atoms with Crippen molar-refractivity contribution in [1.82, 2.24) is 10.2 Å². The average molecular weight is 388 g/mol. The first kappa shape index (κ1) is 18.7. The normalized spacial score (nSPS) is 13.5. The number of aryl methyl sites for hydroxylation is 1. The van der Waals surface area contributed by atoms with Gasteiger partial charge in [-0.25, -0.2) is 4.79 Å². The summed E-state index contributed by atoms with van der Waals surface area (Å²) in [5.41, 5.74) is 2.52. The van der Waals surface area contributed by atoms with Crippen LogP contribution in [0.15, 0.2) is 36.4 Å². The topological polar surface area (TPSA) is 87.7 Å². The first-order valence-electron chi connectivity index (χ1n) is 8.21. The highest BCUT2D eigenvalue weighted by Crippen LogP contribution is 2.31. The lowest BCUT2D eigenvalue weighted by Crippen LogP contribution is -2.30. The average Bonchev–Trinajstić information content (AvgIpc) is 2.97. The van der Waals surface area contributed by atoms with Crippen molar-refractivity contribution in [1.29, 1.82) is 0 Å². The Morgan fingerprint density at radius 3 is 2.56 bits per heavy atom. The van der Waals surface area contributed by atoms with Crippen LogP contribution in [-0.4, -0.2) is 36.4 Å². The van der Waals surface area contributed by atoms with Crippen molar-refractivity contribution in [2.24, 2.45) is 0 Å². The molecule has 0 spiro atoms. The van der Waals surface area contributed by atoms with Gasteiger partial charge in [0, 0.05) is 16.7 Å². The van der Waals surface area contributed by atoms with Crippen molar-refractivity contribution in [3.63, 3.8) is 0 Å². The molecule has 3 rings (SSSR count). The minimum Gasteiger partial charge on any atom is -0.495 e. The van der Waals surface area contributed by atoms with E-state index in [1.165, 1.54) is 7.11 Å². The van der Waals surface area contributed by atoms with E-state index >= 15 is 0 Å². The number of carbonyl (C=O) groups excluding carboxylic acids is 3. The number of ether oxygens (including phenoxy) is 1. The van der Waals surface area contributed by atoms with Gasteiger partial charge >= 0.3 is 6.03 Å². The van der Waals surface area contributed by atoms with Crippen molar-refractivity contribution >= 4 is 35.1 Å². The number of carbonyl (C=O) groups is 3. The minimum atomic E-state index is -0.410. The van der Waals surface area contributed by atoms with Crippen LogP contribution in [0.1, 0.15) is 21.5 Å². The van der Waals surface area contributed by atoms with E-state index in [0.717, 1.165) is 16.0 Å². The van der Waals surface area contributed by atoms with Gasteiger partial charge in [-0.05, 0) is 36.2 Å². The van der Waals surface area contributed by atoms with E-state index in [1.807, 2.05) is 6.92 Å². The van der Waals surface area contributed by atoms with E-state index in [0.29, 0.717) is 22.0 Å². The predicted octanol–water partition coefficient (Wildman–Crippen LogP) is 2.96. The zero-order valence-electron chi connectivity index (χ0n) is 14.8. The molecule has 1 aliphatic rings. The van der Waals surface area contributed by atoms with Gasteiger partial charge in [-0.2, -0.15) is 0 Å². The standard InChI is InChI=1S/C19H18ClN3O4/c1-11-7-15(16(27-2)8-14(11)20)22-18(25)13-5-3-12(4-6-13)10-23-17(24)9-21-19(23)26/h3-8H,9-10H2,1-2H3,(H,21,26)(H,22,25). The van der Waals surface area contributed by atoms with Crippen LogP contribution in [0.25, 0.3) is 0 Å². The maximum absolute atomic E-state index is 12.5. The maximum Gasteiger partial charge on any atom is 0.324 e. The number of rotatable bonds is 5. The van der Waals surface area contributed by atoms with Crippen LogP contribution in [0.3, 0.4) is 0 Å². The number of urea groups is 1. The molecule has 1 aliphatic heterocycles. The first-order valence-corrected chi connectivity index (χ1v) is 8.59. The molecular weight excluding hydrogens is 370 g/mol. The van der Waals surface area contributed by atoms with E-state index in [2.05, 4.69) is 10.6 Å². The van der Waals surface area contributed by atoms with Crippen molar-refractivity contribution < 1.29 is 19.1 Å². The largest absolute Gasteiger partial charge is 0.495 e. The molecule has 1 fully saturated rings. The third kappa shape index (κ3) is 4.03. The number of methoxy groups -OCH3 is 1. The van der Waals surface area contributed by atoms with E-state index < -0.39 is 6.03 Å². The zero-order chi connectivity index (χ0) is 19.6. The number of hydrogen-bond donors (Lipinski definition) is 2. The second-order valence-corrected chi connectivity index (χ2v) is 6.50. The lowest BCUT2D eigenvalue weighted by atomic mass is 10.1. The Kier molecular flexibility index (Phi) is 5.32. The molecule has 0 saturated carbocycles.